The smallest absolute Gasteiger partial charge is 0.338 e. The zero-order valence-corrected chi connectivity index (χ0v) is 10.7. The first-order valence-corrected chi connectivity index (χ1v) is 6.80. The first-order valence-electron chi connectivity index (χ1n) is 5.32. The van der Waals surface area contributed by atoms with E-state index in [1.807, 2.05) is 0 Å². The van der Waals surface area contributed by atoms with Crippen molar-refractivity contribution in [1.82, 2.24) is 9.88 Å². The highest BCUT2D eigenvalue weighted by Gasteiger charge is 2.19. The van der Waals surface area contributed by atoms with Gasteiger partial charge in [0.2, 0.25) is 10.0 Å². The van der Waals surface area contributed by atoms with Crippen molar-refractivity contribution >= 4 is 16.0 Å². The number of carbonyl (C=O) groups is 1. The summed E-state index contributed by atoms with van der Waals surface area (Å²) < 4.78 is 43.9. The minimum Gasteiger partial charge on any atom is -0.478 e. The highest BCUT2D eigenvalue weighted by molar-refractivity contribution is 7.89. The fourth-order valence-corrected chi connectivity index (χ4v) is 2.44. The van der Waals surface area contributed by atoms with Crippen molar-refractivity contribution in [3.63, 3.8) is 0 Å². The molecule has 0 spiro atoms. The van der Waals surface area contributed by atoms with Crippen molar-refractivity contribution < 1.29 is 27.2 Å². The van der Waals surface area contributed by atoms with Gasteiger partial charge in [-0.3, -0.25) is 0 Å². The van der Waals surface area contributed by atoms with Gasteiger partial charge in [-0.05, 0) is 18.2 Å². The summed E-state index contributed by atoms with van der Waals surface area (Å²) in [7, 11) is -3.98. The molecule has 20 heavy (non-hydrogen) atoms. The van der Waals surface area contributed by atoms with Crippen LogP contribution in [-0.2, 0) is 16.6 Å². The number of hydrogen-bond donors (Lipinski definition) is 2. The van der Waals surface area contributed by atoms with Crippen molar-refractivity contribution in [3.8, 4) is 0 Å². The summed E-state index contributed by atoms with van der Waals surface area (Å²) in [6, 6.07) is 3.98. The lowest BCUT2D eigenvalue weighted by molar-refractivity contribution is 0.0691. The van der Waals surface area contributed by atoms with Crippen LogP contribution in [0.2, 0.25) is 0 Å². The number of sulfonamides is 1. The van der Waals surface area contributed by atoms with Gasteiger partial charge in [-0.25, -0.2) is 22.3 Å². The van der Waals surface area contributed by atoms with E-state index in [1.54, 1.807) is 0 Å². The van der Waals surface area contributed by atoms with Crippen LogP contribution in [0.15, 0.2) is 39.9 Å². The number of aromatic carboxylic acids is 1. The summed E-state index contributed by atoms with van der Waals surface area (Å²) in [5, 5.41) is 12.2. The van der Waals surface area contributed by atoms with Gasteiger partial charge in [0, 0.05) is 6.07 Å². The molecule has 0 saturated heterocycles. The van der Waals surface area contributed by atoms with Gasteiger partial charge in [0.05, 0.1) is 23.2 Å². The Morgan fingerprint density at radius 2 is 2.15 bits per heavy atom. The molecule has 0 aliphatic carbocycles. The predicted molar refractivity (Wildman–Crippen MR) is 63.9 cm³/mol. The molecule has 2 N–H and O–H groups in total. The molecule has 7 nitrogen and oxygen atoms in total. The van der Waals surface area contributed by atoms with E-state index in [1.165, 1.54) is 12.3 Å². The number of aromatic nitrogens is 1. The first-order chi connectivity index (χ1) is 9.40. The summed E-state index contributed by atoms with van der Waals surface area (Å²) in [6.07, 6.45) is 1.35. The van der Waals surface area contributed by atoms with Crippen LogP contribution < -0.4 is 4.72 Å². The summed E-state index contributed by atoms with van der Waals surface area (Å²) in [5.74, 6) is -2.27. The quantitative estimate of drug-likeness (QED) is 0.852. The third-order valence-electron chi connectivity index (χ3n) is 2.41. The van der Waals surface area contributed by atoms with Crippen LogP contribution >= 0.6 is 0 Å². The molecular weight excluding hydrogens is 291 g/mol. The average Bonchev–Trinajstić information content (AvgIpc) is 2.89. The van der Waals surface area contributed by atoms with Gasteiger partial charge in [0.25, 0.3) is 0 Å². The molecule has 0 bridgehead atoms. The van der Waals surface area contributed by atoms with Crippen LogP contribution in [0.4, 0.5) is 4.39 Å². The average molecular weight is 300 g/mol. The fraction of sp³-hybridized carbons (Fsp3) is 0.0909. The second kappa shape index (κ2) is 5.39. The number of benzene rings is 1. The van der Waals surface area contributed by atoms with E-state index in [9.17, 15) is 17.6 Å². The molecule has 2 aromatic rings. The number of carboxylic acid groups (broad SMARTS) is 1. The molecule has 0 amide bonds. The molecule has 0 radical (unpaired) electrons. The molecule has 1 heterocycles. The summed E-state index contributed by atoms with van der Waals surface area (Å²) in [6.45, 7) is -0.151. The highest BCUT2D eigenvalue weighted by Crippen LogP contribution is 2.15. The molecule has 1 aromatic carbocycles. The monoisotopic (exact) mass is 300 g/mol. The third kappa shape index (κ3) is 3.00. The Morgan fingerprint density at radius 1 is 1.40 bits per heavy atom. The second-order valence-electron chi connectivity index (χ2n) is 3.75. The number of nitrogens with one attached hydrogen (secondary N) is 1. The summed E-state index contributed by atoms with van der Waals surface area (Å²) >= 11 is 0. The van der Waals surface area contributed by atoms with E-state index < -0.39 is 27.4 Å². The normalized spacial score (nSPS) is 11.4. The number of nitrogens with zero attached hydrogens (tertiary/aromatic N) is 1. The largest absolute Gasteiger partial charge is 0.478 e. The van der Waals surface area contributed by atoms with Crippen LogP contribution in [0.5, 0.6) is 0 Å². The maximum Gasteiger partial charge on any atom is 0.338 e. The van der Waals surface area contributed by atoms with Crippen molar-refractivity contribution in [2.45, 2.75) is 11.4 Å². The zero-order chi connectivity index (χ0) is 14.8. The van der Waals surface area contributed by atoms with Crippen LogP contribution in [-0.4, -0.2) is 24.7 Å². The molecule has 0 fully saturated rings. The number of carboxylic acids is 1. The van der Waals surface area contributed by atoms with Crippen LogP contribution in [0.25, 0.3) is 0 Å². The molecule has 0 aliphatic rings. The van der Waals surface area contributed by atoms with E-state index in [-0.39, 0.29) is 17.2 Å². The van der Waals surface area contributed by atoms with Crippen molar-refractivity contribution in [2.75, 3.05) is 0 Å². The van der Waals surface area contributed by atoms with E-state index in [4.69, 9.17) is 9.63 Å². The van der Waals surface area contributed by atoms with Crippen LogP contribution in [0, 0.1) is 5.82 Å². The van der Waals surface area contributed by atoms with Gasteiger partial charge < -0.3 is 9.63 Å². The predicted octanol–water partition coefficient (Wildman–Crippen LogP) is 0.990. The topological polar surface area (TPSA) is 110 Å². The maximum absolute atomic E-state index is 13.2. The van der Waals surface area contributed by atoms with Gasteiger partial charge >= 0.3 is 5.97 Å². The summed E-state index contributed by atoms with van der Waals surface area (Å²) in [4.78, 5) is 10.4. The Labute approximate surface area is 113 Å². The maximum atomic E-state index is 13.2. The Balaban J connectivity index is 2.25. The minimum atomic E-state index is -3.98. The lowest BCUT2D eigenvalue weighted by Crippen LogP contribution is -2.23. The molecule has 2 rings (SSSR count). The van der Waals surface area contributed by atoms with Gasteiger partial charge in [-0.15, -0.1) is 0 Å². The number of hydrogen-bond acceptors (Lipinski definition) is 5. The molecule has 1 aromatic heterocycles. The van der Waals surface area contributed by atoms with Crippen molar-refractivity contribution in [1.29, 1.82) is 0 Å². The lowest BCUT2D eigenvalue weighted by atomic mass is 10.2. The molecule has 106 valence electrons. The molecule has 0 aliphatic heterocycles. The van der Waals surface area contributed by atoms with E-state index >= 15 is 0 Å². The van der Waals surface area contributed by atoms with Gasteiger partial charge in [0.1, 0.15) is 5.82 Å². The molecule has 0 unspecified atom stereocenters. The van der Waals surface area contributed by atoms with E-state index in [0.717, 1.165) is 18.2 Å². The van der Waals surface area contributed by atoms with Crippen molar-refractivity contribution in [2.24, 2.45) is 0 Å². The summed E-state index contributed by atoms with van der Waals surface area (Å²) in [5.41, 5.74) is -0.715. The van der Waals surface area contributed by atoms with Gasteiger partial charge in [0.15, 0.2) is 5.76 Å². The Bertz CT molecular complexity index is 727. The van der Waals surface area contributed by atoms with Crippen molar-refractivity contribution in [3.05, 3.63) is 47.6 Å². The Morgan fingerprint density at radius 3 is 2.75 bits per heavy atom. The first kappa shape index (κ1) is 14.2. The molecule has 0 atom stereocenters. The minimum absolute atomic E-state index is 0.151. The zero-order valence-electron chi connectivity index (χ0n) is 9.91. The number of rotatable bonds is 5. The standard InChI is InChI=1S/C11H9FN2O5S/c12-10-2-1-8(5-9(10)11(15)16)20(17,18)14-6-7-3-4-13-19-7/h1-5,14H,6H2,(H,15,16). The Kier molecular flexibility index (Phi) is 3.81. The highest BCUT2D eigenvalue weighted by atomic mass is 32.2. The van der Waals surface area contributed by atoms with E-state index in [2.05, 4.69) is 9.88 Å². The lowest BCUT2D eigenvalue weighted by Gasteiger charge is -2.06. The molecule has 0 saturated carbocycles. The van der Waals surface area contributed by atoms with Crippen LogP contribution in [0.1, 0.15) is 16.1 Å². The van der Waals surface area contributed by atoms with Gasteiger partial charge in [-0.1, -0.05) is 5.16 Å². The molecule has 9 heteroatoms. The molecular formula is C11H9FN2O5S. The fourth-order valence-electron chi connectivity index (χ4n) is 1.42. The van der Waals surface area contributed by atoms with Gasteiger partial charge in [-0.2, -0.15) is 0 Å². The number of halogens is 1. The second-order valence-corrected chi connectivity index (χ2v) is 5.52. The SMILES string of the molecule is O=C(O)c1cc(S(=O)(=O)NCc2ccno2)ccc1F. The van der Waals surface area contributed by atoms with E-state index in [0.29, 0.717) is 0 Å². The van der Waals surface area contributed by atoms with Crippen LogP contribution in [0.3, 0.4) is 0 Å². The third-order valence-corrected chi connectivity index (χ3v) is 3.81. The Hall–Kier alpha value is -2.26.